The van der Waals surface area contributed by atoms with Crippen LogP contribution in [0.5, 0.6) is 0 Å². The largest absolute Gasteiger partial charge is 0.388 e. The first-order chi connectivity index (χ1) is 5.99. The predicted molar refractivity (Wildman–Crippen MR) is 41.8 cm³/mol. The Labute approximate surface area is 76.2 Å². The molecule has 1 unspecified atom stereocenters. The van der Waals surface area contributed by atoms with E-state index in [9.17, 15) is 10.2 Å². The molecule has 2 saturated heterocycles. The normalized spacial score (nSPS) is 48.9. The van der Waals surface area contributed by atoms with Crippen LogP contribution in [0.1, 0.15) is 13.8 Å². The van der Waals surface area contributed by atoms with Gasteiger partial charge in [-0.1, -0.05) is 0 Å². The maximum absolute atomic E-state index is 9.55. The highest BCUT2D eigenvalue weighted by atomic mass is 16.8. The molecule has 0 bridgehead atoms. The molecule has 5 nitrogen and oxygen atoms in total. The lowest BCUT2D eigenvalue weighted by molar-refractivity contribution is -0.217. The van der Waals surface area contributed by atoms with Gasteiger partial charge in [0.05, 0.1) is 6.61 Å². The van der Waals surface area contributed by atoms with Crippen LogP contribution in [0.2, 0.25) is 0 Å². The molecule has 5 heteroatoms. The van der Waals surface area contributed by atoms with Crippen molar-refractivity contribution in [3.8, 4) is 0 Å². The van der Waals surface area contributed by atoms with Gasteiger partial charge in [0.25, 0.3) is 0 Å². The van der Waals surface area contributed by atoms with Crippen molar-refractivity contribution in [3.63, 3.8) is 0 Å². The molecule has 2 aliphatic heterocycles. The molecule has 0 saturated carbocycles. The van der Waals surface area contributed by atoms with Crippen LogP contribution < -0.4 is 0 Å². The van der Waals surface area contributed by atoms with Crippen molar-refractivity contribution in [2.75, 3.05) is 6.61 Å². The molecule has 0 aromatic rings. The third-order valence-electron chi connectivity index (χ3n) is 2.25. The van der Waals surface area contributed by atoms with Crippen molar-refractivity contribution >= 4 is 0 Å². The Morgan fingerprint density at radius 3 is 2.62 bits per heavy atom. The zero-order valence-corrected chi connectivity index (χ0v) is 7.64. The molecular formula is C8H14O5. The highest BCUT2D eigenvalue weighted by molar-refractivity contribution is 4.89. The van der Waals surface area contributed by atoms with Gasteiger partial charge in [-0.05, 0) is 13.8 Å². The Balaban J connectivity index is 2.11. The summed E-state index contributed by atoms with van der Waals surface area (Å²) in [6, 6.07) is 0. The smallest absolute Gasteiger partial charge is 0.189 e. The summed E-state index contributed by atoms with van der Waals surface area (Å²) in [7, 11) is 0. The molecule has 0 aromatic carbocycles. The maximum atomic E-state index is 9.55. The first kappa shape index (κ1) is 9.36. The molecular weight excluding hydrogens is 176 g/mol. The highest BCUT2D eigenvalue weighted by Gasteiger charge is 2.50. The van der Waals surface area contributed by atoms with E-state index in [1.54, 1.807) is 13.8 Å². The summed E-state index contributed by atoms with van der Waals surface area (Å²) in [6.07, 6.45) is -2.97. The molecule has 13 heavy (non-hydrogen) atoms. The van der Waals surface area contributed by atoms with E-state index in [4.69, 9.17) is 14.2 Å². The van der Waals surface area contributed by atoms with Gasteiger partial charge in [0.15, 0.2) is 12.1 Å². The van der Waals surface area contributed by atoms with Crippen molar-refractivity contribution in [1.82, 2.24) is 0 Å². The van der Waals surface area contributed by atoms with Gasteiger partial charge in [-0.2, -0.15) is 0 Å². The average Bonchev–Trinajstić information content (AvgIpc) is 2.34. The third kappa shape index (κ3) is 1.58. The molecule has 0 spiro atoms. The minimum atomic E-state index is -0.930. The van der Waals surface area contributed by atoms with Gasteiger partial charge in [-0.25, -0.2) is 0 Å². The molecule has 2 rings (SSSR count). The molecule has 0 aliphatic carbocycles. The van der Waals surface area contributed by atoms with E-state index in [-0.39, 0.29) is 6.61 Å². The summed E-state index contributed by atoms with van der Waals surface area (Å²) < 4.78 is 15.9. The second kappa shape index (κ2) is 2.90. The lowest BCUT2D eigenvalue weighted by Gasteiger charge is -2.31. The van der Waals surface area contributed by atoms with Gasteiger partial charge in [-0.3, -0.25) is 0 Å². The lowest BCUT2D eigenvalue weighted by Crippen LogP contribution is -2.51. The zero-order chi connectivity index (χ0) is 9.64. The summed E-state index contributed by atoms with van der Waals surface area (Å²) in [5.41, 5.74) is 0. The topological polar surface area (TPSA) is 68.2 Å². The maximum Gasteiger partial charge on any atom is 0.189 e. The Morgan fingerprint density at radius 2 is 1.92 bits per heavy atom. The standard InChI is InChI=1S/C8H14O5/c1-8(2)12-6-5(10)4(9)3-11-7(6)13-8/h4-7,9-10H,3H2,1-2H3/t4-,5+,6-,7?/m1/s1. The number of ether oxygens (including phenoxy) is 3. The van der Waals surface area contributed by atoms with Crippen molar-refractivity contribution in [3.05, 3.63) is 0 Å². The van der Waals surface area contributed by atoms with Crippen molar-refractivity contribution in [2.45, 2.75) is 44.2 Å². The van der Waals surface area contributed by atoms with Crippen LogP contribution in [-0.4, -0.2) is 47.2 Å². The van der Waals surface area contributed by atoms with Gasteiger partial charge >= 0.3 is 0 Å². The number of aliphatic hydroxyl groups excluding tert-OH is 2. The number of rotatable bonds is 0. The molecule has 2 fully saturated rings. The van der Waals surface area contributed by atoms with Crippen LogP contribution in [-0.2, 0) is 14.2 Å². The van der Waals surface area contributed by atoms with E-state index < -0.39 is 30.4 Å². The molecule has 0 radical (unpaired) electrons. The van der Waals surface area contributed by atoms with Crippen LogP contribution in [0.15, 0.2) is 0 Å². The predicted octanol–water partition coefficient (Wildman–Crippen LogP) is -0.784. The third-order valence-corrected chi connectivity index (χ3v) is 2.25. The van der Waals surface area contributed by atoms with Gasteiger partial charge in [0, 0.05) is 0 Å². The fourth-order valence-electron chi connectivity index (χ4n) is 1.63. The first-order valence-electron chi connectivity index (χ1n) is 4.33. The first-order valence-corrected chi connectivity index (χ1v) is 4.33. The van der Waals surface area contributed by atoms with Gasteiger partial charge in [0.1, 0.15) is 18.3 Å². The second-order valence-corrected chi connectivity index (χ2v) is 3.86. The molecule has 0 amide bonds. The van der Waals surface area contributed by atoms with Gasteiger partial charge in [0.2, 0.25) is 0 Å². The summed E-state index contributed by atoms with van der Waals surface area (Å²) in [6.45, 7) is 3.57. The van der Waals surface area contributed by atoms with E-state index in [1.807, 2.05) is 0 Å². The lowest BCUT2D eigenvalue weighted by atomic mass is 10.1. The number of hydrogen-bond acceptors (Lipinski definition) is 5. The van der Waals surface area contributed by atoms with Crippen molar-refractivity contribution in [2.24, 2.45) is 0 Å². The van der Waals surface area contributed by atoms with Crippen molar-refractivity contribution in [1.29, 1.82) is 0 Å². The number of fused-ring (bicyclic) bond motifs is 1. The van der Waals surface area contributed by atoms with E-state index >= 15 is 0 Å². The monoisotopic (exact) mass is 190 g/mol. The number of hydrogen-bond donors (Lipinski definition) is 2. The Bertz CT molecular complexity index is 205. The van der Waals surface area contributed by atoms with Crippen LogP contribution in [0.3, 0.4) is 0 Å². The SMILES string of the molecule is CC1(C)OC2OC[C@@H](O)[C@H](O)[C@H]2O1. The van der Waals surface area contributed by atoms with Crippen LogP contribution in [0.25, 0.3) is 0 Å². The summed E-state index contributed by atoms with van der Waals surface area (Å²) in [4.78, 5) is 0. The van der Waals surface area contributed by atoms with Crippen LogP contribution >= 0.6 is 0 Å². The molecule has 0 aromatic heterocycles. The quantitative estimate of drug-likeness (QED) is 0.524. The zero-order valence-electron chi connectivity index (χ0n) is 7.64. The summed E-state index contributed by atoms with van der Waals surface area (Å²) in [5, 5.41) is 18.8. The summed E-state index contributed by atoms with van der Waals surface area (Å²) >= 11 is 0. The molecule has 2 N–H and O–H groups in total. The second-order valence-electron chi connectivity index (χ2n) is 3.86. The fourth-order valence-corrected chi connectivity index (χ4v) is 1.63. The van der Waals surface area contributed by atoms with Crippen molar-refractivity contribution < 1.29 is 24.4 Å². The fraction of sp³-hybridized carbons (Fsp3) is 1.00. The van der Waals surface area contributed by atoms with E-state index in [2.05, 4.69) is 0 Å². The molecule has 2 heterocycles. The van der Waals surface area contributed by atoms with Gasteiger partial charge in [-0.15, -0.1) is 0 Å². The van der Waals surface area contributed by atoms with Gasteiger partial charge < -0.3 is 24.4 Å². The number of aliphatic hydroxyl groups is 2. The Morgan fingerprint density at radius 1 is 1.23 bits per heavy atom. The van der Waals surface area contributed by atoms with Crippen LogP contribution in [0.4, 0.5) is 0 Å². The minimum Gasteiger partial charge on any atom is -0.388 e. The molecule has 4 atom stereocenters. The molecule has 2 aliphatic rings. The Kier molecular flexibility index (Phi) is 2.08. The average molecular weight is 190 g/mol. The van der Waals surface area contributed by atoms with Crippen LogP contribution in [0, 0.1) is 0 Å². The van der Waals surface area contributed by atoms with E-state index in [0.29, 0.717) is 0 Å². The minimum absolute atomic E-state index is 0.0851. The molecule has 76 valence electrons. The Hall–Kier alpha value is -0.200. The van der Waals surface area contributed by atoms with E-state index in [1.165, 1.54) is 0 Å². The highest BCUT2D eigenvalue weighted by Crippen LogP contribution is 2.33. The van der Waals surface area contributed by atoms with E-state index in [0.717, 1.165) is 0 Å². The summed E-state index contributed by atoms with van der Waals surface area (Å²) in [5.74, 6) is -0.750.